The van der Waals surface area contributed by atoms with E-state index < -0.39 is 0 Å². The zero-order valence-corrected chi connectivity index (χ0v) is 19.5. The molecule has 1 amide bonds. The van der Waals surface area contributed by atoms with Crippen LogP contribution < -0.4 is 10.6 Å². The maximum Gasteiger partial charge on any atom is 0.238 e. The van der Waals surface area contributed by atoms with E-state index in [1.54, 1.807) is 0 Å². The van der Waals surface area contributed by atoms with E-state index in [2.05, 4.69) is 17.6 Å². The third-order valence-corrected chi connectivity index (χ3v) is 5.74. The molecule has 29 heavy (non-hydrogen) atoms. The van der Waals surface area contributed by atoms with Gasteiger partial charge in [-0.25, -0.2) is 0 Å². The Hall–Kier alpha value is -1.35. The zero-order chi connectivity index (χ0) is 21.2. The molecular formula is C26H46N2O. The molecule has 0 fully saturated rings. The van der Waals surface area contributed by atoms with Crippen molar-refractivity contribution in [2.75, 3.05) is 18.4 Å². The first-order chi connectivity index (χ1) is 14.1. The minimum Gasteiger partial charge on any atom is -0.324 e. The fraction of sp³-hybridized carbons (Fsp3) is 0.731. The monoisotopic (exact) mass is 402 g/mol. The van der Waals surface area contributed by atoms with Crippen molar-refractivity contribution in [1.82, 2.24) is 5.32 Å². The minimum atomic E-state index is 0.0489. The summed E-state index contributed by atoms with van der Waals surface area (Å²) in [5.41, 5.74) is 3.19. The number of hydrogen-bond acceptors (Lipinski definition) is 2. The lowest BCUT2D eigenvalue weighted by Crippen LogP contribution is -2.29. The number of carbonyl (C=O) groups excluding carboxylic acids is 1. The summed E-state index contributed by atoms with van der Waals surface area (Å²) >= 11 is 0. The number of anilines is 1. The van der Waals surface area contributed by atoms with Gasteiger partial charge in [-0.1, -0.05) is 109 Å². The molecule has 3 heteroatoms. The lowest BCUT2D eigenvalue weighted by atomic mass is 10.0. The Labute approximate surface area is 180 Å². The molecule has 0 radical (unpaired) electrons. The summed E-state index contributed by atoms with van der Waals surface area (Å²) in [6, 6.07) is 6.09. The van der Waals surface area contributed by atoms with Crippen LogP contribution >= 0.6 is 0 Å². The van der Waals surface area contributed by atoms with Crippen LogP contribution in [0.4, 0.5) is 5.69 Å². The molecule has 1 aromatic carbocycles. The van der Waals surface area contributed by atoms with Crippen molar-refractivity contribution in [1.29, 1.82) is 0 Å². The highest BCUT2D eigenvalue weighted by Gasteiger charge is 2.06. The van der Waals surface area contributed by atoms with Gasteiger partial charge in [-0.15, -0.1) is 0 Å². The van der Waals surface area contributed by atoms with Gasteiger partial charge in [0.25, 0.3) is 0 Å². The number of carbonyl (C=O) groups is 1. The number of para-hydroxylation sites is 1. The predicted octanol–water partition coefficient (Wildman–Crippen LogP) is 7.31. The summed E-state index contributed by atoms with van der Waals surface area (Å²) in [6.45, 7) is 7.67. The summed E-state index contributed by atoms with van der Waals surface area (Å²) < 4.78 is 0. The fourth-order valence-corrected chi connectivity index (χ4v) is 3.84. The van der Waals surface area contributed by atoms with Crippen molar-refractivity contribution < 1.29 is 4.79 Å². The van der Waals surface area contributed by atoms with Crippen LogP contribution in [0.25, 0.3) is 0 Å². The average molecular weight is 403 g/mol. The van der Waals surface area contributed by atoms with Gasteiger partial charge in [-0.3, -0.25) is 4.79 Å². The lowest BCUT2D eigenvalue weighted by molar-refractivity contribution is -0.115. The maximum absolute atomic E-state index is 12.1. The third kappa shape index (κ3) is 13.5. The Morgan fingerprint density at radius 3 is 1.66 bits per heavy atom. The van der Waals surface area contributed by atoms with Gasteiger partial charge in [0.2, 0.25) is 5.91 Å². The molecule has 1 rings (SSSR count). The highest BCUT2D eigenvalue weighted by atomic mass is 16.1. The zero-order valence-electron chi connectivity index (χ0n) is 19.5. The smallest absolute Gasteiger partial charge is 0.238 e. The number of nitrogens with one attached hydrogen (secondary N) is 2. The molecule has 166 valence electrons. The molecule has 0 saturated heterocycles. The van der Waals surface area contributed by atoms with Crippen LogP contribution in [0.2, 0.25) is 0 Å². The van der Waals surface area contributed by atoms with E-state index in [0.29, 0.717) is 6.54 Å². The Bertz CT molecular complexity index is 521. The highest BCUT2D eigenvalue weighted by molar-refractivity contribution is 5.93. The van der Waals surface area contributed by atoms with Gasteiger partial charge >= 0.3 is 0 Å². The molecule has 0 saturated carbocycles. The topological polar surface area (TPSA) is 41.1 Å². The van der Waals surface area contributed by atoms with Crippen molar-refractivity contribution >= 4 is 11.6 Å². The van der Waals surface area contributed by atoms with Gasteiger partial charge in [0.1, 0.15) is 0 Å². The highest BCUT2D eigenvalue weighted by Crippen LogP contribution is 2.19. The number of rotatable bonds is 18. The normalized spacial score (nSPS) is 11.0. The van der Waals surface area contributed by atoms with Gasteiger partial charge in [-0.2, -0.15) is 0 Å². The average Bonchev–Trinajstić information content (AvgIpc) is 2.70. The van der Waals surface area contributed by atoms with Crippen LogP contribution in [-0.2, 0) is 4.79 Å². The van der Waals surface area contributed by atoms with Crippen molar-refractivity contribution in [3.05, 3.63) is 29.3 Å². The summed E-state index contributed by atoms with van der Waals surface area (Å²) in [6.07, 6.45) is 19.3. The Morgan fingerprint density at radius 1 is 0.724 bits per heavy atom. The van der Waals surface area contributed by atoms with E-state index in [0.717, 1.165) is 29.8 Å². The first-order valence-corrected chi connectivity index (χ1v) is 12.2. The molecule has 3 nitrogen and oxygen atoms in total. The first-order valence-electron chi connectivity index (χ1n) is 12.2. The van der Waals surface area contributed by atoms with E-state index in [1.165, 1.54) is 83.5 Å². The lowest BCUT2D eigenvalue weighted by Gasteiger charge is -2.11. The first kappa shape index (κ1) is 25.7. The van der Waals surface area contributed by atoms with E-state index in [9.17, 15) is 4.79 Å². The van der Waals surface area contributed by atoms with Crippen LogP contribution in [0.15, 0.2) is 18.2 Å². The molecule has 2 N–H and O–H groups in total. The van der Waals surface area contributed by atoms with Crippen LogP contribution in [-0.4, -0.2) is 19.0 Å². The standard InChI is InChI=1S/C26H46N2O/c1-4-5-6-7-8-9-10-11-12-13-14-15-16-17-21-27-22-25(29)28-26-23(2)19-18-20-24(26)3/h18-20,27H,4-17,21-22H2,1-3H3,(H,28,29). The van der Waals surface area contributed by atoms with Crippen molar-refractivity contribution in [3.8, 4) is 0 Å². The van der Waals surface area contributed by atoms with E-state index in [-0.39, 0.29) is 5.91 Å². The van der Waals surface area contributed by atoms with Crippen molar-refractivity contribution in [3.63, 3.8) is 0 Å². The SMILES string of the molecule is CCCCCCCCCCCCCCCCNCC(=O)Nc1c(C)cccc1C. The van der Waals surface area contributed by atoms with Crippen LogP contribution in [0.5, 0.6) is 0 Å². The summed E-state index contributed by atoms with van der Waals surface area (Å²) in [4.78, 5) is 12.1. The second kappa shape index (κ2) is 17.5. The second-order valence-corrected chi connectivity index (χ2v) is 8.59. The molecule has 0 aliphatic rings. The third-order valence-electron chi connectivity index (χ3n) is 5.74. The molecule has 0 spiro atoms. The quantitative estimate of drug-likeness (QED) is 0.253. The predicted molar refractivity (Wildman–Crippen MR) is 128 cm³/mol. The Balaban J connectivity index is 1.86. The number of unbranched alkanes of at least 4 members (excludes halogenated alkanes) is 13. The van der Waals surface area contributed by atoms with Crippen LogP contribution in [0.3, 0.4) is 0 Å². The van der Waals surface area contributed by atoms with Crippen molar-refractivity contribution in [2.24, 2.45) is 0 Å². The summed E-state index contributed by atoms with van der Waals surface area (Å²) in [5, 5.41) is 6.30. The molecule has 0 aliphatic heterocycles. The van der Waals surface area contributed by atoms with E-state index in [4.69, 9.17) is 0 Å². The molecule has 0 aliphatic carbocycles. The van der Waals surface area contributed by atoms with Crippen LogP contribution in [0.1, 0.15) is 108 Å². The van der Waals surface area contributed by atoms with Gasteiger partial charge < -0.3 is 10.6 Å². The fourth-order valence-electron chi connectivity index (χ4n) is 3.84. The number of amides is 1. The van der Waals surface area contributed by atoms with Gasteiger partial charge in [-0.05, 0) is 37.9 Å². The molecule has 0 aromatic heterocycles. The van der Waals surface area contributed by atoms with Gasteiger partial charge in [0.15, 0.2) is 0 Å². The Morgan fingerprint density at radius 2 is 1.17 bits per heavy atom. The van der Waals surface area contributed by atoms with Gasteiger partial charge in [0.05, 0.1) is 6.54 Å². The largest absolute Gasteiger partial charge is 0.324 e. The van der Waals surface area contributed by atoms with Crippen LogP contribution in [0, 0.1) is 13.8 Å². The van der Waals surface area contributed by atoms with E-state index in [1.807, 2.05) is 32.0 Å². The molecule has 0 heterocycles. The Kier molecular flexibility index (Phi) is 15.5. The molecule has 0 unspecified atom stereocenters. The minimum absolute atomic E-state index is 0.0489. The summed E-state index contributed by atoms with van der Waals surface area (Å²) in [7, 11) is 0. The number of hydrogen-bond donors (Lipinski definition) is 2. The second-order valence-electron chi connectivity index (χ2n) is 8.59. The van der Waals surface area contributed by atoms with Crippen molar-refractivity contribution in [2.45, 2.75) is 111 Å². The van der Waals surface area contributed by atoms with E-state index >= 15 is 0 Å². The maximum atomic E-state index is 12.1. The molecular weight excluding hydrogens is 356 g/mol. The number of aryl methyl sites for hydroxylation is 2. The number of benzene rings is 1. The van der Waals surface area contributed by atoms with Gasteiger partial charge in [0, 0.05) is 5.69 Å². The molecule has 1 aromatic rings. The summed E-state index contributed by atoms with van der Waals surface area (Å²) in [5.74, 6) is 0.0489. The molecule has 0 atom stereocenters. The molecule has 0 bridgehead atoms.